The van der Waals surface area contributed by atoms with Crippen molar-refractivity contribution in [1.29, 1.82) is 0 Å². The zero-order valence-electron chi connectivity index (χ0n) is 19.0. The van der Waals surface area contributed by atoms with Crippen LogP contribution in [0.5, 0.6) is 5.75 Å². The lowest BCUT2D eigenvalue weighted by Crippen LogP contribution is -2.55. The number of amides is 1. The Balaban J connectivity index is 1.36. The number of piperidine rings is 1. The Morgan fingerprint density at radius 1 is 1.13 bits per heavy atom. The van der Waals surface area contributed by atoms with Gasteiger partial charge in [-0.25, -0.2) is 0 Å². The first kappa shape index (κ1) is 21.8. The van der Waals surface area contributed by atoms with Crippen molar-refractivity contribution in [2.45, 2.75) is 39.3 Å². The fourth-order valence-electron chi connectivity index (χ4n) is 4.85. The van der Waals surface area contributed by atoms with Gasteiger partial charge in [0, 0.05) is 62.3 Å². The van der Waals surface area contributed by atoms with Gasteiger partial charge in [0.25, 0.3) is 5.91 Å². The van der Waals surface area contributed by atoms with Gasteiger partial charge >= 0.3 is 0 Å². The predicted octanol–water partition coefficient (Wildman–Crippen LogP) is 3.13. The van der Waals surface area contributed by atoms with Crippen LogP contribution in [-0.4, -0.2) is 77.9 Å². The van der Waals surface area contributed by atoms with Crippen molar-refractivity contribution in [2.24, 2.45) is 0 Å². The summed E-state index contributed by atoms with van der Waals surface area (Å²) < 4.78 is 6.05. The van der Waals surface area contributed by atoms with Crippen LogP contribution < -0.4 is 4.74 Å². The molecule has 0 saturated carbocycles. The van der Waals surface area contributed by atoms with Gasteiger partial charge in [-0.3, -0.25) is 14.7 Å². The van der Waals surface area contributed by atoms with Crippen LogP contribution in [0.25, 0.3) is 0 Å². The molecule has 1 unspecified atom stereocenters. The van der Waals surface area contributed by atoms with Crippen LogP contribution >= 0.6 is 0 Å². The lowest BCUT2D eigenvalue weighted by Gasteiger charge is -2.42. The predicted molar refractivity (Wildman–Crippen MR) is 122 cm³/mol. The van der Waals surface area contributed by atoms with E-state index >= 15 is 0 Å². The molecule has 166 valence electrons. The molecule has 1 atom stereocenters. The molecule has 0 radical (unpaired) electrons. The van der Waals surface area contributed by atoms with Crippen molar-refractivity contribution in [3.05, 3.63) is 58.9 Å². The van der Waals surface area contributed by atoms with E-state index in [0.29, 0.717) is 12.6 Å². The number of rotatable bonds is 5. The lowest BCUT2D eigenvalue weighted by atomic mass is 10.0. The summed E-state index contributed by atoms with van der Waals surface area (Å²) in [6, 6.07) is 8.48. The van der Waals surface area contributed by atoms with E-state index in [4.69, 9.17) is 4.74 Å². The molecule has 3 heterocycles. The largest absolute Gasteiger partial charge is 0.488 e. The number of benzene rings is 1. The summed E-state index contributed by atoms with van der Waals surface area (Å²) in [6.07, 6.45) is 6.12. The molecule has 2 fully saturated rings. The summed E-state index contributed by atoms with van der Waals surface area (Å²) >= 11 is 0. The number of ether oxygens (including phenoxy) is 1. The topological polar surface area (TPSA) is 48.9 Å². The SMILES string of the molecule is Cc1cc(C(=O)N2CCN(C3CCCN(C)C3)CC2)cc(C)c1OCc1cccnc1. The number of likely N-dealkylation sites (tertiary alicyclic amines) is 1. The van der Waals surface area contributed by atoms with Crippen LogP contribution in [0.4, 0.5) is 0 Å². The van der Waals surface area contributed by atoms with Crippen LogP contribution in [-0.2, 0) is 6.61 Å². The highest BCUT2D eigenvalue weighted by Crippen LogP contribution is 2.27. The van der Waals surface area contributed by atoms with E-state index in [2.05, 4.69) is 21.8 Å². The number of likely N-dealkylation sites (N-methyl/N-ethyl adjacent to an activating group) is 1. The monoisotopic (exact) mass is 422 g/mol. The normalized spacial score (nSPS) is 20.6. The average molecular weight is 423 g/mol. The second-order valence-corrected chi connectivity index (χ2v) is 8.98. The molecule has 6 heteroatoms. The minimum absolute atomic E-state index is 0.130. The van der Waals surface area contributed by atoms with Gasteiger partial charge in [-0.05, 0) is 69.6 Å². The van der Waals surface area contributed by atoms with E-state index in [0.717, 1.165) is 60.7 Å². The summed E-state index contributed by atoms with van der Waals surface area (Å²) in [4.78, 5) is 24.3. The Kier molecular flexibility index (Phi) is 6.88. The molecule has 1 amide bonds. The van der Waals surface area contributed by atoms with Crippen LogP contribution in [0.3, 0.4) is 0 Å². The highest BCUT2D eigenvalue weighted by atomic mass is 16.5. The van der Waals surface area contributed by atoms with Crippen LogP contribution in [0.15, 0.2) is 36.7 Å². The molecule has 1 aromatic carbocycles. The van der Waals surface area contributed by atoms with E-state index in [1.54, 1.807) is 6.20 Å². The van der Waals surface area contributed by atoms with Crippen LogP contribution in [0, 0.1) is 13.8 Å². The molecule has 2 saturated heterocycles. The minimum atomic E-state index is 0.130. The highest BCUT2D eigenvalue weighted by Gasteiger charge is 2.29. The van der Waals surface area contributed by atoms with E-state index in [-0.39, 0.29) is 5.91 Å². The first-order valence-electron chi connectivity index (χ1n) is 11.4. The summed E-state index contributed by atoms with van der Waals surface area (Å²) in [5.41, 5.74) is 3.78. The summed E-state index contributed by atoms with van der Waals surface area (Å²) in [5, 5.41) is 0. The van der Waals surface area contributed by atoms with E-state index in [9.17, 15) is 4.79 Å². The Morgan fingerprint density at radius 3 is 2.52 bits per heavy atom. The number of piperazine rings is 1. The van der Waals surface area contributed by atoms with E-state index in [1.807, 2.05) is 49.2 Å². The van der Waals surface area contributed by atoms with E-state index < -0.39 is 0 Å². The number of carbonyl (C=O) groups is 1. The fraction of sp³-hybridized carbons (Fsp3) is 0.520. The van der Waals surface area contributed by atoms with Crippen LogP contribution in [0.1, 0.15) is 39.9 Å². The Hall–Kier alpha value is -2.44. The second-order valence-electron chi connectivity index (χ2n) is 8.98. The highest BCUT2D eigenvalue weighted by molar-refractivity contribution is 5.95. The summed E-state index contributed by atoms with van der Waals surface area (Å²) in [5.74, 6) is 0.983. The Morgan fingerprint density at radius 2 is 1.87 bits per heavy atom. The maximum Gasteiger partial charge on any atom is 0.253 e. The molecule has 0 bridgehead atoms. The first-order valence-corrected chi connectivity index (χ1v) is 11.4. The lowest BCUT2D eigenvalue weighted by molar-refractivity contribution is 0.0452. The molecular formula is C25H34N4O2. The molecule has 0 spiro atoms. The van der Waals surface area contributed by atoms with Gasteiger partial charge in [-0.2, -0.15) is 0 Å². The van der Waals surface area contributed by atoms with E-state index in [1.165, 1.54) is 19.4 Å². The third-order valence-electron chi connectivity index (χ3n) is 6.53. The number of aromatic nitrogens is 1. The zero-order valence-corrected chi connectivity index (χ0v) is 19.0. The third-order valence-corrected chi connectivity index (χ3v) is 6.53. The number of hydrogen-bond donors (Lipinski definition) is 0. The molecule has 0 N–H and O–H groups in total. The molecule has 0 aliphatic carbocycles. The number of aryl methyl sites for hydroxylation is 2. The second kappa shape index (κ2) is 9.79. The molecule has 2 aliphatic rings. The summed E-state index contributed by atoms with van der Waals surface area (Å²) in [6.45, 7) is 10.4. The van der Waals surface area contributed by atoms with Gasteiger partial charge in [0.15, 0.2) is 0 Å². The maximum atomic E-state index is 13.2. The first-order chi connectivity index (χ1) is 15.0. The van der Waals surface area contributed by atoms with Gasteiger partial charge in [-0.15, -0.1) is 0 Å². The van der Waals surface area contributed by atoms with Crippen LogP contribution in [0.2, 0.25) is 0 Å². The molecular weight excluding hydrogens is 388 g/mol. The maximum absolute atomic E-state index is 13.2. The molecule has 2 aromatic rings. The van der Waals surface area contributed by atoms with Crippen molar-refractivity contribution in [2.75, 3.05) is 46.3 Å². The zero-order chi connectivity index (χ0) is 21.8. The van der Waals surface area contributed by atoms with Gasteiger partial charge in [0.2, 0.25) is 0 Å². The van der Waals surface area contributed by atoms with Crippen molar-refractivity contribution in [1.82, 2.24) is 19.7 Å². The smallest absolute Gasteiger partial charge is 0.253 e. The molecule has 4 rings (SSSR count). The minimum Gasteiger partial charge on any atom is -0.488 e. The van der Waals surface area contributed by atoms with Gasteiger partial charge in [-0.1, -0.05) is 6.07 Å². The summed E-state index contributed by atoms with van der Waals surface area (Å²) in [7, 11) is 2.21. The number of nitrogens with zero attached hydrogens (tertiary/aromatic N) is 4. The van der Waals surface area contributed by atoms with Gasteiger partial charge < -0.3 is 14.5 Å². The Bertz CT molecular complexity index is 871. The number of pyridine rings is 1. The fourth-order valence-corrected chi connectivity index (χ4v) is 4.85. The van der Waals surface area contributed by atoms with Gasteiger partial charge in [0.05, 0.1) is 0 Å². The standard InChI is InChI=1S/C25H34N4O2/c1-19-14-22(15-20(2)24(19)31-18-21-6-4-8-26-16-21)25(30)29-12-10-28(11-13-29)23-7-5-9-27(3)17-23/h4,6,8,14-16,23H,5,7,9-13,17-18H2,1-3H3. The van der Waals surface area contributed by atoms with Crippen molar-refractivity contribution in [3.63, 3.8) is 0 Å². The van der Waals surface area contributed by atoms with Crippen molar-refractivity contribution >= 4 is 5.91 Å². The number of carbonyl (C=O) groups excluding carboxylic acids is 1. The third kappa shape index (κ3) is 5.25. The number of hydrogen-bond acceptors (Lipinski definition) is 5. The van der Waals surface area contributed by atoms with Crippen molar-refractivity contribution in [3.8, 4) is 5.75 Å². The molecule has 2 aliphatic heterocycles. The molecule has 6 nitrogen and oxygen atoms in total. The molecule has 1 aromatic heterocycles. The average Bonchev–Trinajstić information content (AvgIpc) is 2.79. The van der Waals surface area contributed by atoms with Crippen molar-refractivity contribution < 1.29 is 9.53 Å². The Labute approximate surface area is 185 Å². The van der Waals surface area contributed by atoms with Gasteiger partial charge in [0.1, 0.15) is 12.4 Å². The quantitative estimate of drug-likeness (QED) is 0.741. The molecule has 31 heavy (non-hydrogen) atoms.